The number of ether oxygens (including phenoxy) is 3. The van der Waals surface area contributed by atoms with Crippen LogP contribution in [0.5, 0.6) is 11.5 Å². The maximum Gasteiger partial charge on any atom is 0.342 e. The van der Waals surface area contributed by atoms with Gasteiger partial charge in [-0.25, -0.2) is 18.7 Å². The molecule has 0 radical (unpaired) electrons. The third-order valence-corrected chi connectivity index (χ3v) is 27.1. The van der Waals surface area contributed by atoms with Gasteiger partial charge in [0.1, 0.15) is 46.6 Å². The van der Waals surface area contributed by atoms with E-state index in [0.29, 0.717) is 122 Å². The number of methoxy groups -OCH3 is 2. The summed E-state index contributed by atoms with van der Waals surface area (Å²) < 4.78 is 117. The first-order valence-electron chi connectivity index (χ1n) is 45.0. The van der Waals surface area contributed by atoms with Gasteiger partial charge in [-0.2, -0.15) is 27.5 Å². The average molecular weight is 1830 g/mol. The molecule has 4 aromatic carbocycles. The number of benzene rings is 4. The molecule has 132 heavy (non-hydrogen) atoms. The number of carbonyl (C=O) groups excluding carboxylic acids is 12. The number of imide groups is 4. The van der Waals surface area contributed by atoms with Crippen molar-refractivity contribution in [3.05, 3.63) is 118 Å². The molecule has 4 unspecified atom stereocenters. The summed E-state index contributed by atoms with van der Waals surface area (Å²) in [4.78, 5) is 193. The van der Waals surface area contributed by atoms with E-state index in [2.05, 4.69) is 61.6 Å². The van der Waals surface area contributed by atoms with E-state index in [1.807, 2.05) is 0 Å². The molecule has 17 rings (SSSR count). The molecule has 11 heterocycles. The minimum absolute atomic E-state index is 0.00772. The highest BCUT2D eigenvalue weighted by Crippen LogP contribution is 2.47. The van der Waals surface area contributed by atoms with Gasteiger partial charge >= 0.3 is 11.8 Å². The Labute approximate surface area is 755 Å². The smallest absolute Gasteiger partial charge is 0.342 e. The number of hydrogen-bond donors (Lipinski definition) is 6. The molecule has 7 fully saturated rings. The van der Waals surface area contributed by atoms with Crippen LogP contribution >= 0.6 is 0 Å². The summed E-state index contributed by atoms with van der Waals surface area (Å²) in [5.74, 6) is -19.7. The first kappa shape index (κ1) is 91.2. The fourth-order valence-corrected chi connectivity index (χ4v) is 20.0. The summed E-state index contributed by atoms with van der Waals surface area (Å²) in [5.41, 5.74) is 1.09. The second-order valence-electron chi connectivity index (χ2n) is 35.3. The number of amides is 12. The average Bonchev–Trinajstić information content (AvgIpc) is 1.62. The van der Waals surface area contributed by atoms with Gasteiger partial charge in [0.25, 0.3) is 47.3 Å². The van der Waals surface area contributed by atoms with E-state index in [0.717, 1.165) is 97.0 Å². The number of nitrogens with one attached hydrogen (secondary N) is 6. The number of piperidine rings is 3. The second-order valence-corrected chi connectivity index (χ2v) is 35.3. The van der Waals surface area contributed by atoms with Crippen LogP contribution in [-0.2, 0) is 33.5 Å². The zero-order valence-electron chi connectivity index (χ0n) is 73.2. The monoisotopic (exact) mass is 1830 g/mol. The van der Waals surface area contributed by atoms with Crippen LogP contribution in [0.15, 0.2) is 73.1 Å². The van der Waals surface area contributed by atoms with Gasteiger partial charge in [-0.05, 0) is 126 Å². The second kappa shape index (κ2) is 38.2. The van der Waals surface area contributed by atoms with Crippen LogP contribution < -0.4 is 61.0 Å². The number of unbranched alkanes of at least 4 members (excludes halogenated alkanes) is 2. The number of carbonyl (C=O) groups is 12. The summed E-state index contributed by atoms with van der Waals surface area (Å²) >= 11 is 0. The van der Waals surface area contributed by atoms with Crippen LogP contribution in [0.3, 0.4) is 0 Å². The predicted molar refractivity (Wildman–Crippen MR) is 467 cm³/mol. The number of fused-ring (bicyclic) bond motifs is 4. The van der Waals surface area contributed by atoms with Crippen LogP contribution in [0.25, 0.3) is 0 Å². The van der Waals surface area contributed by atoms with Crippen molar-refractivity contribution in [1.82, 2.24) is 64.9 Å². The molecule has 6 N–H and O–H groups in total. The van der Waals surface area contributed by atoms with Gasteiger partial charge in [0.05, 0.1) is 97.7 Å². The first-order valence-corrected chi connectivity index (χ1v) is 45.0. The molecular weight excluding hydrogens is 1730 g/mol. The quantitative estimate of drug-likeness (QED) is 0.0153. The molecule has 700 valence electrons. The number of halogens is 6. The molecule has 2 aliphatic carbocycles. The zero-order valence-corrected chi connectivity index (χ0v) is 73.2. The van der Waals surface area contributed by atoms with Crippen LogP contribution in [-0.4, -0.2) is 313 Å². The van der Waals surface area contributed by atoms with Gasteiger partial charge in [0.2, 0.25) is 35.5 Å². The summed E-state index contributed by atoms with van der Waals surface area (Å²) in [6.45, 7) is 6.07. The third-order valence-electron chi connectivity index (χ3n) is 27.1. The zero-order chi connectivity index (χ0) is 92.7. The molecular formula is C90H103F6N21O15. The Morgan fingerprint density at radius 3 is 1.70 bits per heavy atom. The first-order chi connectivity index (χ1) is 63.5. The number of likely N-dealkylation sites (tertiary alicyclic amines) is 1. The van der Waals surface area contributed by atoms with E-state index in [4.69, 9.17) is 19.2 Å². The van der Waals surface area contributed by atoms with Gasteiger partial charge in [0.15, 0.2) is 11.6 Å². The Kier molecular flexibility index (Phi) is 26.4. The van der Waals surface area contributed by atoms with E-state index in [-0.39, 0.29) is 149 Å². The summed E-state index contributed by atoms with van der Waals surface area (Å²) in [6.07, 6.45) is 9.17. The van der Waals surface area contributed by atoms with Crippen LogP contribution in [0, 0.1) is 17.6 Å². The third kappa shape index (κ3) is 18.6. The molecule has 9 aliphatic heterocycles. The van der Waals surface area contributed by atoms with Gasteiger partial charge in [-0.3, -0.25) is 92.7 Å². The van der Waals surface area contributed by atoms with E-state index < -0.39 is 138 Å². The van der Waals surface area contributed by atoms with E-state index >= 15 is 26.3 Å². The number of piperazine rings is 2. The Bertz CT molecular complexity index is 5570. The Hall–Kier alpha value is -12.7. The number of aromatic nitrogens is 4. The maximum atomic E-state index is 16.8. The van der Waals surface area contributed by atoms with Crippen molar-refractivity contribution in [2.75, 3.05) is 187 Å². The lowest BCUT2D eigenvalue weighted by Crippen LogP contribution is -2.54. The summed E-state index contributed by atoms with van der Waals surface area (Å²) in [6, 6.07) is 11.1. The standard InChI is InChI=1S/C90H103F6N21O15/c1-107-68-46-99-87(101-64-45-62(92)60(43-71(64)131-3)80(123)112-35-31-108(32-36-112)26-8-4-7-24-97-52-15-17-56-58(41-52)83(126)116(81(56)124)66-18-20-72(118)103-77(66)120)105-75(68)115(49-89(93,94)85(107)128)55-16-14-51(40-55)48-113-69-47-100-88(106-76(69)114(54-10-5-6-11-54)50-90(95,96)86(113)129)102-65-44-61(91)59(42-70(65)130-2)79(122)111-27-22-53(23-28-111)110-33-29-109(30-34-110)37-39-132-38-25-98-63-13-9-12-57-74(63)84(127)117(82(57)125)67-19-21-73(119)104-78(67)121/h9,12-13,15,17,41-47,51,53-55,66-67,97-98H,4-8,10-11,14,16,18-40,48-50H2,1-3H3,(H,99,101,105)(H,100,102,106)(H,103,118,120)(H,104,119,121). The molecule has 5 saturated heterocycles. The fourth-order valence-electron chi connectivity index (χ4n) is 20.0. The van der Waals surface area contributed by atoms with Crippen LogP contribution in [0.1, 0.15) is 165 Å². The van der Waals surface area contributed by atoms with Crippen molar-refractivity contribution in [1.29, 1.82) is 0 Å². The highest BCUT2D eigenvalue weighted by atomic mass is 19.3. The van der Waals surface area contributed by atoms with Crippen molar-refractivity contribution in [3.63, 3.8) is 0 Å². The topological polar surface area (TPSA) is 392 Å². The summed E-state index contributed by atoms with van der Waals surface area (Å²) in [5, 5.41) is 16.8. The number of alkyl halides is 4. The van der Waals surface area contributed by atoms with Crippen molar-refractivity contribution in [2.45, 2.75) is 145 Å². The highest BCUT2D eigenvalue weighted by molar-refractivity contribution is 6.26. The molecule has 2 saturated carbocycles. The molecule has 0 bridgehead atoms. The number of anilines is 10. The molecule has 11 aliphatic rings. The van der Waals surface area contributed by atoms with Gasteiger partial charge < -0.3 is 64.9 Å². The predicted octanol–water partition coefficient (Wildman–Crippen LogP) is 7.26. The SMILES string of the molecule is COc1cc(C(=O)N2CCN(CCCCCNc3ccc4c(c3)C(=O)N(C3CCC(=O)NC3=O)C4=O)CC2)c(F)cc1Nc1ncc2c(n1)N(C1CCC(CN3C(=O)C(F)(F)CN(C4CCCC4)c4nc(Nc5cc(F)c(C(=O)N6CCC(N7CCN(CCOCCNc8cccc9c8C(=O)N(C8CCC(=O)NC8=O)C9=O)CC7)CC6)cc5OC)ncc43)C1)CC(F)(F)C(=O)N2C. The van der Waals surface area contributed by atoms with Crippen molar-refractivity contribution < 1.29 is 98.1 Å². The summed E-state index contributed by atoms with van der Waals surface area (Å²) in [7, 11) is 3.80. The number of rotatable bonds is 29. The minimum atomic E-state index is -3.99. The Balaban J connectivity index is 0.490. The van der Waals surface area contributed by atoms with E-state index in [1.165, 1.54) is 48.4 Å². The Morgan fingerprint density at radius 2 is 1.08 bits per heavy atom. The molecule has 2 aromatic heterocycles. The fraction of sp³-hybridized carbons (Fsp3) is 0.511. The van der Waals surface area contributed by atoms with Crippen LogP contribution in [0.2, 0.25) is 0 Å². The van der Waals surface area contributed by atoms with Gasteiger partial charge in [0, 0.05) is 153 Å². The largest absolute Gasteiger partial charge is 0.495 e. The van der Waals surface area contributed by atoms with Gasteiger partial charge in [-0.1, -0.05) is 25.3 Å². The van der Waals surface area contributed by atoms with E-state index in [1.54, 1.807) is 40.1 Å². The lowest BCUT2D eigenvalue weighted by Gasteiger charge is -2.42. The van der Waals surface area contributed by atoms with Crippen LogP contribution in [0.4, 0.5) is 84.0 Å². The lowest BCUT2D eigenvalue weighted by molar-refractivity contribution is -0.141. The Morgan fingerprint density at radius 1 is 0.523 bits per heavy atom. The van der Waals surface area contributed by atoms with Crippen molar-refractivity contribution in [3.8, 4) is 11.5 Å². The normalized spacial score (nSPS) is 22.2. The minimum Gasteiger partial charge on any atom is -0.495 e. The molecule has 36 nitrogen and oxygen atoms in total. The number of nitrogens with zero attached hydrogens (tertiary/aromatic N) is 15. The molecule has 12 amide bonds. The molecule has 6 aromatic rings. The van der Waals surface area contributed by atoms with Crippen molar-refractivity contribution in [2.24, 2.45) is 5.92 Å². The molecule has 0 spiro atoms. The molecule has 4 atom stereocenters. The lowest BCUT2D eigenvalue weighted by atomic mass is 10.0. The van der Waals surface area contributed by atoms with Crippen molar-refractivity contribution >= 4 is 129 Å². The highest BCUT2D eigenvalue weighted by Gasteiger charge is 2.54. The maximum absolute atomic E-state index is 16.8. The molecule has 42 heteroatoms. The number of hydrogen-bond acceptors (Lipinski definition) is 28. The van der Waals surface area contributed by atoms with E-state index in [9.17, 15) is 57.5 Å². The van der Waals surface area contributed by atoms with Gasteiger partial charge in [-0.15, -0.1) is 0 Å².